The zero-order valence-corrected chi connectivity index (χ0v) is 13.7. The van der Waals surface area contributed by atoms with Crippen molar-refractivity contribution in [1.29, 1.82) is 0 Å². The van der Waals surface area contributed by atoms with Gasteiger partial charge in [0.1, 0.15) is 5.60 Å². The largest absolute Gasteiger partial charge is 0.481 e. The summed E-state index contributed by atoms with van der Waals surface area (Å²) in [7, 11) is 0. The van der Waals surface area contributed by atoms with E-state index in [9.17, 15) is 19.5 Å². The van der Waals surface area contributed by atoms with Crippen LogP contribution in [0, 0.1) is 5.92 Å². The summed E-state index contributed by atoms with van der Waals surface area (Å²) in [4.78, 5) is 35.9. The Labute approximate surface area is 136 Å². The standard InChI is InChI=1S/C15H21FN2O6/c1-8(11(20)21)4-5-9-15(3,23)14(2,16)12(24-9)18-7-6-10(19)17-13(18)22/h6-9,12,23H,4-5H2,1-3H3,(H,20,21)(H,17,19,22)/t8?,9-,12-,14+,15-/m1/s1. The van der Waals surface area contributed by atoms with Gasteiger partial charge in [-0.3, -0.25) is 19.1 Å². The number of carbonyl (C=O) groups is 1. The molecule has 0 radical (unpaired) electrons. The third kappa shape index (κ3) is 3.01. The van der Waals surface area contributed by atoms with Crippen LogP contribution >= 0.6 is 0 Å². The normalized spacial score (nSPS) is 34.2. The van der Waals surface area contributed by atoms with Crippen molar-refractivity contribution in [2.75, 3.05) is 0 Å². The van der Waals surface area contributed by atoms with Crippen molar-refractivity contribution in [1.82, 2.24) is 9.55 Å². The summed E-state index contributed by atoms with van der Waals surface area (Å²) in [6, 6.07) is 1.05. The number of hydrogen-bond acceptors (Lipinski definition) is 5. The Kier molecular flexibility index (Phi) is 4.69. The molecule has 1 saturated heterocycles. The molecule has 1 unspecified atom stereocenters. The van der Waals surface area contributed by atoms with E-state index in [1.54, 1.807) is 0 Å². The van der Waals surface area contributed by atoms with Gasteiger partial charge in [0, 0.05) is 12.3 Å². The molecule has 0 saturated carbocycles. The highest BCUT2D eigenvalue weighted by molar-refractivity contribution is 5.69. The van der Waals surface area contributed by atoms with Crippen molar-refractivity contribution >= 4 is 5.97 Å². The number of aromatic nitrogens is 2. The van der Waals surface area contributed by atoms with Crippen LogP contribution in [-0.4, -0.2) is 43.1 Å². The molecule has 1 fully saturated rings. The van der Waals surface area contributed by atoms with Crippen LogP contribution in [0.1, 0.15) is 39.8 Å². The Morgan fingerprint density at radius 3 is 2.67 bits per heavy atom. The van der Waals surface area contributed by atoms with E-state index in [1.165, 1.54) is 13.8 Å². The number of aliphatic hydroxyl groups is 1. The molecule has 1 aromatic heterocycles. The molecule has 0 aromatic carbocycles. The predicted octanol–water partition coefficient (Wildman–Crippen LogP) is 0.414. The fraction of sp³-hybridized carbons (Fsp3) is 0.667. The monoisotopic (exact) mass is 344 g/mol. The van der Waals surface area contributed by atoms with Gasteiger partial charge in [-0.2, -0.15) is 0 Å². The highest BCUT2D eigenvalue weighted by atomic mass is 19.1. The van der Waals surface area contributed by atoms with Crippen LogP contribution in [-0.2, 0) is 9.53 Å². The average molecular weight is 344 g/mol. The molecule has 0 aliphatic carbocycles. The number of nitrogens with zero attached hydrogens (tertiary/aromatic N) is 1. The maximum Gasteiger partial charge on any atom is 0.330 e. The van der Waals surface area contributed by atoms with Crippen LogP contribution in [0.2, 0.25) is 0 Å². The van der Waals surface area contributed by atoms with Crippen LogP contribution in [0.15, 0.2) is 21.9 Å². The summed E-state index contributed by atoms with van der Waals surface area (Å²) in [5.74, 6) is -1.67. The van der Waals surface area contributed by atoms with Gasteiger partial charge in [0.25, 0.3) is 5.56 Å². The second-order valence-electron chi connectivity index (χ2n) is 6.53. The van der Waals surface area contributed by atoms with Crippen LogP contribution in [0.25, 0.3) is 0 Å². The summed E-state index contributed by atoms with van der Waals surface area (Å²) in [6.45, 7) is 3.86. The summed E-state index contributed by atoms with van der Waals surface area (Å²) in [5, 5.41) is 19.5. The molecular weight excluding hydrogens is 323 g/mol. The molecule has 0 bridgehead atoms. The van der Waals surface area contributed by atoms with Crippen molar-refractivity contribution < 1.29 is 24.1 Å². The van der Waals surface area contributed by atoms with Gasteiger partial charge in [-0.15, -0.1) is 0 Å². The Balaban J connectivity index is 2.30. The molecule has 8 nitrogen and oxygen atoms in total. The van der Waals surface area contributed by atoms with Crippen molar-refractivity contribution in [3.8, 4) is 0 Å². The number of nitrogens with one attached hydrogen (secondary N) is 1. The van der Waals surface area contributed by atoms with Crippen molar-refractivity contribution in [2.45, 2.75) is 57.2 Å². The van der Waals surface area contributed by atoms with Crippen LogP contribution < -0.4 is 11.2 Å². The van der Waals surface area contributed by atoms with E-state index in [0.29, 0.717) is 0 Å². The second kappa shape index (κ2) is 6.14. The molecule has 0 amide bonds. The molecule has 24 heavy (non-hydrogen) atoms. The number of carboxylic acid groups (broad SMARTS) is 1. The Hall–Kier alpha value is -2.00. The number of aliphatic carboxylic acids is 1. The van der Waals surface area contributed by atoms with Gasteiger partial charge < -0.3 is 14.9 Å². The number of H-pyrrole nitrogens is 1. The van der Waals surface area contributed by atoms with Crippen molar-refractivity contribution in [2.24, 2.45) is 5.92 Å². The zero-order chi connectivity index (χ0) is 18.3. The van der Waals surface area contributed by atoms with Crippen molar-refractivity contribution in [3.05, 3.63) is 33.1 Å². The van der Waals surface area contributed by atoms with E-state index in [0.717, 1.165) is 23.8 Å². The average Bonchev–Trinajstić information content (AvgIpc) is 2.63. The molecular formula is C15H21FN2O6. The highest BCUT2D eigenvalue weighted by Crippen LogP contribution is 2.48. The van der Waals surface area contributed by atoms with Gasteiger partial charge in [-0.25, -0.2) is 9.18 Å². The van der Waals surface area contributed by atoms with Crippen molar-refractivity contribution in [3.63, 3.8) is 0 Å². The Morgan fingerprint density at radius 1 is 1.50 bits per heavy atom. The molecule has 0 spiro atoms. The molecule has 1 aromatic rings. The lowest BCUT2D eigenvalue weighted by Crippen LogP contribution is -2.52. The van der Waals surface area contributed by atoms with Crippen LogP contribution in [0.4, 0.5) is 4.39 Å². The summed E-state index contributed by atoms with van der Waals surface area (Å²) < 4.78 is 21.6. The lowest BCUT2D eigenvalue weighted by Gasteiger charge is -2.33. The topological polar surface area (TPSA) is 122 Å². The number of alkyl halides is 1. The molecule has 134 valence electrons. The first-order chi connectivity index (χ1) is 11.0. The number of halogens is 1. The van der Waals surface area contributed by atoms with Gasteiger partial charge in [-0.1, -0.05) is 6.92 Å². The lowest BCUT2D eigenvalue weighted by molar-refractivity contribution is -0.141. The minimum absolute atomic E-state index is 0.106. The van der Waals surface area contributed by atoms with Gasteiger partial charge in [-0.05, 0) is 26.7 Å². The fourth-order valence-electron chi connectivity index (χ4n) is 2.79. The fourth-order valence-corrected chi connectivity index (χ4v) is 2.79. The molecule has 2 rings (SSSR count). The smallest absolute Gasteiger partial charge is 0.330 e. The van der Waals surface area contributed by atoms with Gasteiger partial charge in [0.15, 0.2) is 11.9 Å². The number of ether oxygens (including phenoxy) is 1. The minimum atomic E-state index is -2.33. The van der Waals surface area contributed by atoms with E-state index in [1.807, 2.05) is 4.98 Å². The summed E-state index contributed by atoms with van der Waals surface area (Å²) in [6.07, 6.45) is -1.06. The first-order valence-corrected chi connectivity index (χ1v) is 7.59. The summed E-state index contributed by atoms with van der Waals surface area (Å²) in [5.41, 5.74) is -5.75. The maximum absolute atomic E-state index is 15.2. The van der Waals surface area contributed by atoms with E-state index in [4.69, 9.17) is 9.84 Å². The minimum Gasteiger partial charge on any atom is -0.481 e. The second-order valence-corrected chi connectivity index (χ2v) is 6.53. The van der Waals surface area contributed by atoms with Gasteiger partial charge in [0.05, 0.1) is 12.0 Å². The highest BCUT2D eigenvalue weighted by Gasteiger charge is 2.62. The first-order valence-electron chi connectivity index (χ1n) is 7.59. The number of carboxylic acids is 1. The van der Waals surface area contributed by atoms with Gasteiger partial charge in [0.2, 0.25) is 0 Å². The first kappa shape index (κ1) is 18.3. The molecule has 2 heterocycles. The number of aromatic amines is 1. The van der Waals surface area contributed by atoms with E-state index < -0.39 is 46.7 Å². The van der Waals surface area contributed by atoms with Crippen LogP contribution in [0.5, 0.6) is 0 Å². The molecule has 9 heteroatoms. The molecule has 1 aliphatic heterocycles. The van der Waals surface area contributed by atoms with Gasteiger partial charge >= 0.3 is 11.7 Å². The predicted molar refractivity (Wildman–Crippen MR) is 81.4 cm³/mol. The molecule has 5 atom stereocenters. The van der Waals surface area contributed by atoms with E-state index in [2.05, 4.69) is 0 Å². The third-order valence-electron chi connectivity index (χ3n) is 4.76. The molecule has 1 aliphatic rings. The maximum atomic E-state index is 15.2. The SMILES string of the molecule is CC(CC[C@H]1O[C@@H](n2ccc(=O)[nH]c2=O)[C@](C)(F)[C@]1(C)O)C(=O)O. The number of rotatable bonds is 5. The zero-order valence-electron chi connectivity index (χ0n) is 13.7. The third-order valence-corrected chi connectivity index (χ3v) is 4.76. The molecule has 3 N–H and O–H groups in total. The quantitative estimate of drug-likeness (QED) is 0.711. The summed E-state index contributed by atoms with van der Waals surface area (Å²) >= 11 is 0. The van der Waals surface area contributed by atoms with E-state index >= 15 is 4.39 Å². The Bertz CT molecular complexity index is 738. The number of hydrogen-bond donors (Lipinski definition) is 3. The Morgan fingerprint density at radius 2 is 2.12 bits per heavy atom. The van der Waals surface area contributed by atoms with E-state index in [-0.39, 0.29) is 12.8 Å². The van der Waals surface area contributed by atoms with Crippen LogP contribution in [0.3, 0.4) is 0 Å². The lowest BCUT2D eigenvalue weighted by atomic mass is 9.82.